The number of unbranched alkanes of at least 4 members (excludes halogenated alkanes) is 1. The molecule has 1 N–H and O–H groups in total. The van der Waals surface area contributed by atoms with E-state index in [1.807, 2.05) is 23.1 Å². The summed E-state index contributed by atoms with van der Waals surface area (Å²) in [6.07, 6.45) is 6.30. The van der Waals surface area contributed by atoms with Gasteiger partial charge in [0.05, 0.1) is 24.4 Å². The number of carbonyl (C=O) groups excluding carboxylic acids is 1. The molecule has 0 unspecified atom stereocenters. The molecule has 1 aromatic rings. The van der Waals surface area contributed by atoms with Gasteiger partial charge in [0.15, 0.2) is 0 Å². The largest absolute Gasteiger partial charge is 0.369 e. The Morgan fingerprint density at radius 2 is 2.36 bits per heavy atom. The lowest BCUT2D eigenvalue weighted by atomic mass is 10.1. The van der Waals surface area contributed by atoms with E-state index >= 15 is 0 Å². The maximum absolute atomic E-state index is 12.3. The summed E-state index contributed by atoms with van der Waals surface area (Å²) >= 11 is 0. The zero-order valence-corrected chi connectivity index (χ0v) is 13.2. The molecule has 2 aliphatic rings. The number of ether oxygens (including phenoxy) is 1. The zero-order chi connectivity index (χ0) is 15.4. The number of rotatable bonds is 6. The molecule has 3 atom stereocenters. The highest BCUT2D eigenvalue weighted by molar-refractivity contribution is 5.75. The van der Waals surface area contributed by atoms with Crippen LogP contribution in [0.2, 0.25) is 0 Å². The van der Waals surface area contributed by atoms with E-state index in [4.69, 9.17) is 4.74 Å². The van der Waals surface area contributed by atoms with Gasteiger partial charge in [-0.3, -0.25) is 4.98 Å². The van der Waals surface area contributed by atoms with Crippen molar-refractivity contribution in [2.24, 2.45) is 5.92 Å². The Morgan fingerprint density at radius 3 is 3.14 bits per heavy atom. The second-order valence-corrected chi connectivity index (χ2v) is 6.24. The fourth-order valence-corrected chi connectivity index (χ4v) is 3.56. The molecule has 3 rings (SSSR count). The summed E-state index contributed by atoms with van der Waals surface area (Å²) in [6.45, 7) is 4.26. The lowest BCUT2D eigenvalue weighted by molar-refractivity contribution is 0.0175. The number of hydrogen-bond acceptors (Lipinski definition) is 3. The van der Waals surface area contributed by atoms with Gasteiger partial charge in [0, 0.05) is 25.2 Å². The molecule has 1 aromatic heterocycles. The molecule has 1 aliphatic carbocycles. The van der Waals surface area contributed by atoms with Crippen LogP contribution in [0.3, 0.4) is 0 Å². The molecule has 0 aromatic carbocycles. The monoisotopic (exact) mass is 303 g/mol. The number of nitrogens with zero attached hydrogens (tertiary/aromatic N) is 2. The van der Waals surface area contributed by atoms with Gasteiger partial charge in [-0.25, -0.2) is 4.79 Å². The minimum absolute atomic E-state index is 0.0760. The minimum atomic E-state index is 0.0760. The molecule has 2 fully saturated rings. The average molecular weight is 303 g/mol. The minimum Gasteiger partial charge on any atom is -0.369 e. The van der Waals surface area contributed by atoms with E-state index in [0.29, 0.717) is 12.5 Å². The number of likely N-dealkylation sites (tertiary alicyclic amines) is 1. The summed E-state index contributed by atoms with van der Waals surface area (Å²) in [4.78, 5) is 18.6. The molecule has 5 nitrogen and oxygen atoms in total. The molecule has 22 heavy (non-hydrogen) atoms. The van der Waals surface area contributed by atoms with E-state index < -0.39 is 0 Å². The topological polar surface area (TPSA) is 54.5 Å². The Morgan fingerprint density at radius 1 is 1.45 bits per heavy atom. The van der Waals surface area contributed by atoms with Crippen LogP contribution in [0.15, 0.2) is 24.4 Å². The average Bonchev–Trinajstić information content (AvgIpc) is 3.11. The fourth-order valence-electron chi connectivity index (χ4n) is 3.56. The number of amides is 2. The van der Waals surface area contributed by atoms with Crippen molar-refractivity contribution in [2.45, 2.75) is 51.4 Å². The van der Waals surface area contributed by atoms with Crippen LogP contribution < -0.4 is 5.32 Å². The van der Waals surface area contributed by atoms with E-state index in [1.54, 1.807) is 6.20 Å². The first-order valence-electron chi connectivity index (χ1n) is 8.35. The quantitative estimate of drug-likeness (QED) is 0.822. The van der Waals surface area contributed by atoms with Gasteiger partial charge >= 0.3 is 6.03 Å². The summed E-state index contributed by atoms with van der Waals surface area (Å²) in [5.74, 6) is 0.477. The fraction of sp³-hybridized carbons (Fsp3) is 0.647. The van der Waals surface area contributed by atoms with Crippen molar-refractivity contribution in [1.29, 1.82) is 0 Å². The Kier molecular flexibility index (Phi) is 4.93. The van der Waals surface area contributed by atoms with Crippen molar-refractivity contribution in [3.8, 4) is 0 Å². The number of hydrogen-bond donors (Lipinski definition) is 1. The lowest BCUT2D eigenvalue weighted by Gasteiger charge is -2.27. The number of aromatic nitrogens is 1. The molecule has 0 spiro atoms. The Hall–Kier alpha value is -1.62. The van der Waals surface area contributed by atoms with Gasteiger partial charge < -0.3 is 15.0 Å². The number of carbonyl (C=O) groups is 1. The third-order valence-corrected chi connectivity index (χ3v) is 4.73. The standard InChI is InChI=1S/C17H25N3O2/c1-2-3-9-19-17(21)20-11-13-7-8-15(20)16(13)22-12-14-6-4-5-10-18-14/h4-6,10,13,15-16H,2-3,7-9,11-12H2,1H3,(H,19,21)/t13-,15-,16-/m0/s1. The lowest BCUT2D eigenvalue weighted by Crippen LogP contribution is -2.46. The number of pyridine rings is 1. The number of nitrogens with one attached hydrogen (secondary N) is 1. The maximum atomic E-state index is 12.3. The Balaban J connectivity index is 1.53. The van der Waals surface area contributed by atoms with Gasteiger partial charge in [-0.15, -0.1) is 0 Å². The van der Waals surface area contributed by atoms with Crippen LogP contribution in [0.1, 0.15) is 38.3 Å². The van der Waals surface area contributed by atoms with Gasteiger partial charge in [0.1, 0.15) is 0 Å². The number of urea groups is 1. The molecule has 2 heterocycles. The van der Waals surface area contributed by atoms with Crippen LogP contribution in [-0.2, 0) is 11.3 Å². The highest BCUT2D eigenvalue weighted by atomic mass is 16.5. The second-order valence-electron chi connectivity index (χ2n) is 6.24. The van der Waals surface area contributed by atoms with Crippen molar-refractivity contribution < 1.29 is 9.53 Å². The zero-order valence-electron chi connectivity index (χ0n) is 13.2. The summed E-state index contributed by atoms with van der Waals surface area (Å²) in [7, 11) is 0. The Labute approximate surface area is 132 Å². The van der Waals surface area contributed by atoms with Crippen LogP contribution in [-0.4, -0.2) is 41.2 Å². The first-order valence-corrected chi connectivity index (χ1v) is 8.35. The molecular formula is C17H25N3O2. The first kappa shape index (κ1) is 15.3. The molecule has 2 bridgehead atoms. The summed E-state index contributed by atoms with van der Waals surface area (Å²) in [5.41, 5.74) is 0.952. The van der Waals surface area contributed by atoms with E-state index in [1.165, 1.54) is 0 Å². The normalized spacial score (nSPS) is 26.4. The third-order valence-electron chi connectivity index (χ3n) is 4.73. The van der Waals surface area contributed by atoms with Crippen molar-refractivity contribution in [2.75, 3.05) is 13.1 Å². The smallest absolute Gasteiger partial charge is 0.317 e. The molecular weight excluding hydrogens is 278 g/mol. The SMILES string of the molecule is CCCCNC(=O)N1C[C@@H]2CC[C@H]1[C@H]2OCc1ccccn1. The second kappa shape index (κ2) is 7.09. The van der Waals surface area contributed by atoms with Gasteiger partial charge in [-0.1, -0.05) is 19.4 Å². The number of piperidine rings is 1. The summed E-state index contributed by atoms with van der Waals surface area (Å²) < 4.78 is 6.10. The van der Waals surface area contributed by atoms with Crippen LogP contribution in [0, 0.1) is 5.92 Å². The van der Waals surface area contributed by atoms with E-state index in [9.17, 15) is 4.79 Å². The van der Waals surface area contributed by atoms with Crippen LogP contribution in [0.5, 0.6) is 0 Å². The van der Waals surface area contributed by atoms with E-state index in [0.717, 1.165) is 44.5 Å². The van der Waals surface area contributed by atoms with Crippen LogP contribution >= 0.6 is 0 Å². The van der Waals surface area contributed by atoms with Crippen molar-refractivity contribution in [3.05, 3.63) is 30.1 Å². The predicted octanol–water partition coefficient (Wildman–Crippen LogP) is 2.57. The van der Waals surface area contributed by atoms with Crippen LogP contribution in [0.4, 0.5) is 4.79 Å². The molecule has 1 saturated carbocycles. The van der Waals surface area contributed by atoms with Gasteiger partial charge in [0.25, 0.3) is 0 Å². The van der Waals surface area contributed by atoms with Gasteiger partial charge in [-0.05, 0) is 31.4 Å². The van der Waals surface area contributed by atoms with Crippen molar-refractivity contribution in [3.63, 3.8) is 0 Å². The van der Waals surface area contributed by atoms with E-state index in [-0.39, 0.29) is 18.2 Å². The van der Waals surface area contributed by atoms with Gasteiger partial charge in [-0.2, -0.15) is 0 Å². The van der Waals surface area contributed by atoms with Crippen LogP contribution in [0.25, 0.3) is 0 Å². The molecule has 0 radical (unpaired) electrons. The number of fused-ring (bicyclic) bond motifs is 2. The van der Waals surface area contributed by atoms with Crippen molar-refractivity contribution >= 4 is 6.03 Å². The summed E-state index contributed by atoms with van der Waals surface area (Å²) in [6, 6.07) is 6.17. The highest BCUT2D eigenvalue weighted by Gasteiger charge is 2.49. The third kappa shape index (κ3) is 3.24. The molecule has 1 aliphatic heterocycles. The van der Waals surface area contributed by atoms with Crippen molar-refractivity contribution in [1.82, 2.24) is 15.2 Å². The van der Waals surface area contributed by atoms with E-state index in [2.05, 4.69) is 17.2 Å². The molecule has 2 amide bonds. The molecule has 1 saturated heterocycles. The summed E-state index contributed by atoms with van der Waals surface area (Å²) in [5, 5.41) is 3.02. The predicted molar refractivity (Wildman–Crippen MR) is 84.3 cm³/mol. The first-order chi connectivity index (χ1) is 10.8. The highest BCUT2D eigenvalue weighted by Crippen LogP contribution is 2.40. The van der Waals surface area contributed by atoms with Gasteiger partial charge in [0.2, 0.25) is 0 Å². The maximum Gasteiger partial charge on any atom is 0.317 e. The molecule has 5 heteroatoms. The molecule has 120 valence electrons. The Bertz CT molecular complexity index is 494.